The van der Waals surface area contributed by atoms with E-state index >= 15 is 0 Å². The zero-order valence-corrected chi connectivity index (χ0v) is 2.44. The van der Waals surface area contributed by atoms with Crippen LogP contribution < -0.4 is 5.31 Å². The van der Waals surface area contributed by atoms with Crippen LogP contribution >= 0.6 is 0 Å². The maximum Gasteiger partial charge on any atom is 0.122 e. The van der Waals surface area contributed by atoms with Crippen molar-refractivity contribution in [2.24, 2.45) is 0 Å². The largest absolute Gasteiger partial charge is 0.317 e. The van der Waals surface area contributed by atoms with Gasteiger partial charge in [-0.3, -0.25) is 0 Å². The minimum atomic E-state index is -0.218. The van der Waals surface area contributed by atoms with Crippen LogP contribution in [0.25, 0.3) is 0 Å². The Bertz CT molecular complexity index is 48.8. The molecule has 0 spiro atoms. The van der Waals surface area contributed by atoms with Gasteiger partial charge in [0.2, 0.25) is 0 Å². The van der Waals surface area contributed by atoms with E-state index in [2.05, 4.69) is 0 Å². The smallest absolute Gasteiger partial charge is 0.122 e. The molecule has 0 aromatic carbocycles. The zero-order valence-electron chi connectivity index (χ0n) is 4.44. The van der Waals surface area contributed by atoms with Crippen LogP contribution in [0.1, 0.15) is 7.79 Å². The summed E-state index contributed by atoms with van der Waals surface area (Å²) in [4.78, 5) is 0. The third-order valence-electron chi connectivity index (χ3n) is 0.516. The molecule has 1 saturated heterocycles. The van der Waals surface area contributed by atoms with E-state index in [9.17, 15) is 0 Å². The quantitative estimate of drug-likeness (QED) is 0.413. The highest BCUT2D eigenvalue weighted by molar-refractivity contribution is 4.56. The van der Waals surface area contributed by atoms with Crippen LogP contribution in [-0.4, -0.2) is 13.1 Å². The zero-order chi connectivity index (χ0) is 4.57. The van der Waals surface area contributed by atoms with Gasteiger partial charge in [0.05, 0.1) is 0 Å². The average molecular weight is 59.1 g/mol. The molecule has 1 heteroatoms. The van der Waals surface area contributed by atoms with Gasteiger partial charge in [-0.25, -0.2) is 0 Å². The van der Waals surface area contributed by atoms with Crippen molar-refractivity contribution in [2.75, 3.05) is 13.1 Å². The fourth-order valence-corrected chi connectivity index (χ4v) is 0.129. The molecule has 0 aromatic heterocycles. The predicted octanol–water partition coefficient (Wildman–Crippen LogP) is -0.0203. The number of hydrogen-bond acceptors (Lipinski definition) is 1. The van der Waals surface area contributed by atoms with Crippen LogP contribution in [0, 0.1) is 0 Å². The van der Waals surface area contributed by atoms with E-state index in [1.165, 1.54) is 5.31 Å². The Morgan fingerprint density at radius 3 is 3.00 bits per heavy atom. The van der Waals surface area contributed by atoms with Crippen molar-refractivity contribution in [1.29, 1.82) is 0 Å². The van der Waals surface area contributed by atoms with E-state index in [4.69, 9.17) is 2.78 Å². The molecular formula is C3H7N. The summed E-state index contributed by atoms with van der Waals surface area (Å²) in [7, 11) is 0. The van der Waals surface area contributed by atoms with E-state index in [-0.39, 0.29) is 6.52 Å². The number of hydrogen-bond donors (Lipinski definition) is 1. The molecule has 1 unspecified atom stereocenters. The van der Waals surface area contributed by atoms with Crippen molar-refractivity contribution in [1.82, 2.24) is 5.31 Å². The molecule has 1 nitrogen and oxygen atoms in total. The summed E-state index contributed by atoms with van der Waals surface area (Å²) in [5, 5.41) is 1.26. The van der Waals surface area contributed by atoms with Crippen LogP contribution in [0.3, 0.4) is 0 Å². The van der Waals surface area contributed by atoms with E-state index in [1.54, 1.807) is 0 Å². The predicted molar refractivity (Wildman–Crippen MR) is 17.5 cm³/mol. The summed E-state index contributed by atoms with van der Waals surface area (Å²) in [6.45, 7) is 0.568. The molecule has 0 amide bonds. The number of rotatable bonds is 0. The molecule has 0 bridgehead atoms. The SMILES string of the molecule is [2H]C1CCN1[2H]. The molecule has 1 aliphatic rings. The summed E-state index contributed by atoms with van der Waals surface area (Å²) < 4.78 is 13.6. The molecule has 0 aromatic rings. The Morgan fingerprint density at radius 2 is 3.00 bits per heavy atom. The first-order valence-electron chi connectivity index (χ1n) is 2.51. The van der Waals surface area contributed by atoms with Gasteiger partial charge in [-0.05, 0) is 19.5 Å². The molecule has 1 fully saturated rings. The first-order valence-corrected chi connectivity index (χ1v) is 1.48. The second-order valence-electron chi connectivity index (χ2n) is 0.877. The van der Waals surface area contributed by atoms with Gasteiger partial charge in [0.25, 0.3) is 0 Å². The average Bonchev–Trinajstić information content (AvgIpc) is 1.61. The fourth-order valence-electron chi connectivity index (χ4n) is 0.129. The molecule has 0 radical (unpaired) electrons. The standard InChI is InChI=1S/C3H7N/c1-2-4-3-1/h4H,1-3H2/i2D/hD. The van der Waals surface area contributed by atoms with Crippen LogP contribution in [0.5, 0.6) is 0 Å². The first kappa shape index (κ1) is 0.977. The lowest BCUT2D eigenvalue weighted by atomic mass is 10.3. The lowest BCUT2D eigenvalue weighted by Gasteiger charge is -2.09. The molecule has 0 saturated carbocycles. The van der Waals surface area contributed by atoms with Crippen LogP contribution in [0.4, 0.5) is 0 Å². The van der Waals surface area contributed by atoms with Gasteiger partial charge < -0.3 is 5.31 Å². The summed E-state index contributed by atoms with van der Waals surface area (Å²) in [5.41, 5.74) is 0. The minimum absolute atomic E-state index is 0.218. The third-order valence-corrected chi connectivity index (χ3v) is 0.516. The van der Waals surface area contributed by atoms with E-state index in [0.29, 0.717) is 0 Å². The highest BCUT2D eigenvalue weighted by atomic mass is 14.9. The summed E-state index contributed by atoms with van der Waals surface area (Å²) in [5.74, 6) is 0. The van der Waals surface area contributed by atoms with Gasteiger partial charge in [-0.2, -0.15) is 0 Å². The van der Waals surface area contributed by atoms with E-state index < -0.39 is 0 Å². The molecule has 1 aliphatic heterocycles. The van der Waals surface area contributed by atoms with Gasteiger partial charge in [-0.15, -0.1) is 0 Å². The van der Waals surface area contributed by atoms with Gasteiger partial charge in [0.15, 0.2) is 0 Å². The molecule has 1 N–H and O–H groups in total. The lowest BCUT2D eigenvalue weighted by molar-refractivity contribution is 0.527. The third kappa shape index (κ3) is 0.115. The first-order chi connectivity index (χ1) is 2.80. The monoisotopic (exact) mass is 59.1 g/mol. The van der Waals surface area contributed by atoms with Crippen molar-refractivity contribution in [3.8, 4) is 0 Å². The Morgan fingerprint density at radius 1 is 2.25 bits per heavy atom. The van der Waals surface area contributed by atoms with E-state index in [1.807, 2.05) is 0 Å². The van der Waals surface area contributed by atoms with Gasteiger partial charge in [-0.1, -0.05) is 0 Å². The minimum Gasteiger partial charge on any atom is -0.317 e. The Labute approximate surface area is 28.9 Å². The summed E-state index contributed by atoms with van der Waals surface area (Å²) in [6.07, 6.45) is 0.878. The fraction of sp³-hybridized carbons (Fsp3) is 1.00. The van der Waals surface area contributed by atoms with Gasteiger partial charge in [0, 0.05) is 1.37 Å². The van der Waals surface area contributed by atoms with Crippen molar-refractivity contribution in [3.63, 3.8) is 0 Å². The second-order valence-corrected chi connectivity index (χ2v) is 0.877. The Balaban J connectivity index is 2.20. The molecule has 1 rings (SSSR count). The summed E-state index contributed by atoms with van der Waals surface area (Å²) >= 11 is 0. The number of nitrogens with one attached hydrogen (secondary N) is 1. The van der Waals surface area contributed by atoms with Crippen molar-refractivity contribution < 1.29 is 2.78 Å². The molecule has 4 heavy (non-hydrogen) atoms. The van der Waals surface area contributed by atoms with Crippen molar-refractivity contribution >= 4 is 0 Å². The maximum absolute atomic E-state index is 6.86. The molecule has 1 heterocycles. The van der Waals surface area contributed by atoms with Crippen LogP contribution in [-0.2, 0) is 0 Å². The lowest BCUT2D eigenvalue weighted by Crippen LogP contribution is -2.29. The maximum atomic E-state index is 6.86. The van der Waals surface area contributed by atoms with Crippen molar-refractivity contribution in [3.05, 3.63) is 0 Å². The van der Waals surface area contributed by atoms with E-state index in [0.717, 1.165) is 13.0 Å². The normalized spacial score (nSPS) is 54.5. The van der Waals surface area contributed by atoms with Crippen LogP contribution in [0.15, 0.2) is 0 Å². The molecule has 0 aliphatic carbocycles. The highest BCUT2D eigenvalue weighted by Gasteiger charge is 1.92. The van der Waals surface area contributed by atoms with Gasteiger partial charge >= 0.3 is 0 Å². The van der Waals surface area contributed by atoms with Gasteiger partial charge in [0.1, 0.15) is 1.41 Å². The topological polar surface area (TPSA) is 12.0 Å². The Kier molecular flexibility index (Phi) is 0.177. The van der Waals surface area contributed by atoms with Crippen molar-refractivity contribution in [2.45, 2.75) is 6.42 Å². The summed E-state index contributed by atoms with van der Waals surface area (Å²) in [6, 6.07) is 0. The highest BCUT2D eigenvalue weighted by Crippen LogP contribution is 1.80. The Hall–Kier alpha value is -0.0400. The molecule has 1 atom stereocenters. The molecule has 24 valence electrons. The second kappa shape index (κ2) is 0.725. The van der Waals surface area contributed by atoms with Crippen LogP contribution in [0.2, 0.25) is 1.41 Å². The molecular weight excluding hydrogens is 50.0 g/mol.